The number of aryl methyl sites for hydroxylation is 1. The lowest BCUT2D eigenvalue weighted by Gasteiger charge is -1.88. The first-order valence-electron chi connectivity index (χ1n) is 2.49. The molecular weight excluding hydrogens is 118 g/mol. The Morgan fingerprint density at radius 2 is 2.67 bits per heavy atom. The monoisotopic (exact) mass is 125 g/mol. The summed E-state index contributed by atoms with van der Waals surface area (Å²) in [5.74, 6) is 0.637. The Kier molecular flexibility index (Phi) is 1.48. The van der Waals surface area contributed by atoms with E-state index in [1.165, 1.54) is 6.21 Å². The molecule has 4 heteroatoms. The molecule has 0 radical (unpaired) electrons. The van der Waals surface area contributed by atoms with Crippen LogP contribution in [0.1, 0.15) is 5.82 Å². The molecule has 0 saturated carbocycles. The Hall–Kier alpha value is -1.32. The fraction of sp³-hybridized carbons (Fsp3) is 0.200. The lowest BCUT2D eigenvalue weighted by atomic mass is 10.7. The third-order valence-electron chi connectivity index (χ3n) is 1.03. The maximum absolute atomic E-state index is 8.08. The smallest absolute Gasteiger partial charge is 0.154 e. The third kappa shape index (κ3) is 1.07. The molecule has 0 saturated heterocycles. The van der Waals surface area contributed by atoms with Crippen molar-refractivity contribution in [2.24, 2.45) is 12.2 Å². The van der Waals surface area contributed by atoms with E-state index >= 15 is 0 Å². The second-order valence-electron chi connectivity index (χ2n) is 1.64. The largest absolute Gasteiger partial charge is 0.411 e. The summed E-state index contributed by atoms with van der Waals surface area (Å²) in [5, 5.41) is 10.9. The zero-order chi connectivity index (χ0) is 6.69. The highest BCUT2D eigenvalue weighted by Gasteiger charge is 1.90. The molecule has 0 aromatic carbocycles. The number of hydrogen-bond donors (Lipinski definition) is 1. The van der Waals surface area contributed by atoms with Crippen molar-refractivity contribution in [2.75, 3.05) is 0 Å². The van der Waals surface area contributed by atoms with Crippen molar-refractivity contribution in [3.05, 3.63) is 18.2 Å². The predicted octanol–water partition coefficient (Wildman–Crippen LogP) is 0.228. The van der Waals surface area contributed by atoms with Gasteiger partial charge in [0.2, 0.25) is 0 Å². The molecule has 0 unspecified atom stereocenters. The first-order valence-corrected chi connectivity index (χ1v) is 2.49. The van der Waals surface area contributed by atoms with E-state index in [9.17, 15) is 0 Å². The van der Waals surface area contributed by atoms with Gasteiger partial charge in [-0.05, 0) is 0 Å². The quantitative estimate of drug-likeness (QED) is 0.332. The van der Waals surface area contributed by atoms with Crippen LogP contribution < -0.4 is 0 Å². The molecule has 4 nitrogen and oxygen atoms in total. The fourth-order valence-corrected chi connectivity index (χ4v) is 0.553. The van der Waals surface area contributed by atoms with Crippen molar-refractivity contribution in [1.82, 2.24) is 9.55 Å². The zero-order valence-corrected chi connectivity index (χ0v) is 5.02. The lowest BCUT2D eigenvalue weighted by Crippen LogP contribution is -1.94. The van der Waals surface area contributed by atoms with Gasteiger partial charge >= 0.3 is 0 Å². The van der Waals surface area contributed by atoms with E-state index in [-0.39, 0.29) is 0 Å². The summed E-state index contributed by atoms with van der Waals surface area (Å²) < 4.78 is 1.75. The summed E-state index contributed by atoms with van der Waals surface area (Å²) in [6.45, 7) is 0. The molecule has 0 bridgehead atoms. The van der Waals surface area contributed by atoms with Gasteiger partial charge in [0.15, 0.2) is 5.82 Å². The minimum Gasteiger partial charge on any atom is -0.411 e. The van der Waals surface area contributed by atoms with Crippen molar-refractivity contribution < 1.29 is 5.21 Å². The van der Waals surface area contributed by atoms with Crippen LogP contribution in [0.3, 0.4) is 0 Å². The van der Waals surface area contributed by atoms with Crippen LogP contribution >= 0.6 is 0 Å². The highest BCUT2D eigenvalue weighted by Crippen LogP contribution is 1.87. The van der Waals surface area contributed by atoms with Gasteiger partial charge < -0.3 is 9.77 Å². The topological polar surface area (TPSA) is 50.4 Å². The maximum atomic E-state index is 8.08. The molecule has 48 valence electrons. The highest BCUT2D eigenvalue weighted by molar-refractivity contribution is 5.73. The Bertz CT molecular complexity index is 216. The van der Waals surface area contributed by atoms with E-state index in [0.29, 0.717) is 5.82 Å². The standard InChI is InChI=1S/C5H7N3O/c1-8-3-2-6-5(8)4-7-9/h2-4,9H,1H3/b7-4-. The number of oxime groups is 1. The zero-order valence-electron chi connectivity index (χ0n) is 5.02. The summed E-state index contributed by atoms with van der Waals surface area (Å²) in [5.41, 5.74) is 0. The average Bonchev–Trinajstić information content (AvgIpc) is 2.18. The number of imidazole rings is 1. The summed E-state index contributed by atoms with van der Waals surface area (Å²) in [7, 11) is 1.82. The van der Waals surface area contributed by atoms with Gasteiger partial charge in [-0.2, -0.15) is 0 Å². The highest BCUT2D eigenvalue weighted by atomic mass is 16.4. The molecule has 9 heavy (non-hydrogen) atoms. The van der Waals surface area contributed by atoms with Gasteiger partial charge in [0.05, 0.1) is 0 Å². The van der Waals surface area contributed by atoms with Crippen LogP contribution in [-0.4, -0.2) is 21.0 Å². The number of aromatic nitrogens is 2. The van der Waals surface area contributed by atoms with E-state index in [1.54, 1.807) is 17.0 Å². The first-order chi connectivity index (χ1) is 4.34. The lowest BCUT2D eigenvalue weighted by molar-refractivity contribution is 0.321. The Morgan fingerprint density at radius 3 is 3.11 bits per heavy atom. The SMILES string of the molecule is Cn1ccnc1/C=N\O. The maximum Gasteiger partial charge on any atom is 0.154 e. The van der Waals surface area contributed by atoms with Gasteiger partial charge in [-0.15, -0.1) is 0 Å². The first kappa shape index (κ1) is 5.81. The molecule has 0 amide bonds. The van der Waals surface area contributed by atoms with E-state index in [1.807, 2.05) is 7.05 Å². The van der Waals surface area contributed by atoms with E-state index < -0.39 is 0 Å². The summed E-state index contributed by atoms with van der Waals surface area (Å²) >= 11 is 0. The average molecular weight is 125 g/mol. The van der Waals surface area contributed by atoms with Crippen LogP contribution in [0, 0.1) is 0 Å². The van der Waals surface area contributed by atoms with Crippen LogP contribution in [0.25, 0.3) is 0 Å². The summed E-state index contributed by atoms with van der Waals surface area (Å²) in [4.78, 5) is 3.86. The minimum absolute atomic E-state index is 0.637. The van der Waals surface area contributed by atoms with E-state index in [0.717, 1.165) is 0 Å². The van der Waals surface area contributed by atoms with Crippen LogP contribution in [0.15, 0.2) is 17.5 Å². The minimum atomic E-state index is 0.637. The van der Waals surface area contributed by atoms with Crippen molar-refractivity contribution in [3.8, 4) is 0 Å². The molecule has 0 aliphatic carbocycles. The van der Waals surface area contributed by atoms with Gasteiger partial charge in [0, 0.05) is 19.4 Å². The van der Waals surface area contributed by atoms with Crippen molar-refractivity contribution >= 4 is 6.21 Å². The van der Waals surface area contributed by atoms with Crippen LogP contribution in [0.5, 0.6) is 0 Å². The van der Waals surface area contributed by atoms with Gasteiger partial charge in [-0.25, -0.2) is 4.98 Å². The molecular formula is C5H7N3O. The van der Waals surface area contributed by atoms with E-state index in [4.69, 9.17) is 5.21 Å². The molecule has 0 fully saturated rings. The molecule has 1 heterocycles. The van der Waals surface area contributed by atoms with Crippen molar-refractivity contribution in [2.45, 2.75) is 0 Å². The molecule has 0 aliphatic heterocycles. The number of nitrogens with zero attached hydrogens (tertiary/aromatic N) is 3. The second-order valence-corrected chi connectivity index (χ2v) is 1.64. The third-order valence-corrected chi connectivity index (χ3v) is 1.03. The van der Waals surface area contributed by atoms with Gasteiger partial charge in [0.1, 0.15) is 6.21 Å². The predicted molar refractivity (Wildman–Crippen MR) is 32.6 cm³/mol. The molecule has 0 aliphatic rings. The van der Waals surface area contributed by atoms with Gasteiger partial charge in [-0.3, -0.25) is 0 Å². The van der Waals surface area contributed by atoms with Crippen LogP contribution in [-0.2, 0) is 7.05 Å². The second kappa shape index (κ2) is 2.30. The number of hydrogen-bond acceptors (Lipinski definition) is 3. The van der Waals surface area contributed by atoms with E-state index in [2.05, 4.69) is 10.1 Å². The molecule has 1 aromatic heterocycles. The van der Waals surface area contributed by atoms with Crippen molar-refractivity contribution in [1.29, 1.82) is 0 Å². The van der Waals surface area contributed by atoms with Crippen LogP contribution in [0.2, 0.25) is 0 Å². The molecule has 0 spiro atoms. The van der Waals surface area contributed by atoms with Crippen molar-refractivity contribution in [3.63, 3.8) is 0 Å². The normalized spacial score (nSPS) is 10.8. The Morgan fingerprint density at radius 1 is 1.89 bits per heavy atom. The van der Waals surface area contributed by atoms with Gasteiger partial charge in [0.25, 0.3) is 0 Å². The fourth-order valence-electron chi connectivity index (χ4n) is 0.553. The Labute approximate surface area is 52.4 Å². The van der Waals surface area contributed by atoms with Gasteiger partial charge in [-0.1, -0.05) is 5.16 Å². The Balaban J connectivity index is 2.94. The molecule has 1 N–H and O–H groups in total. The molecule has 1 rings (SSSR count). The van der Waals surface area contributed by atoms with Crippen LogP contribution in [0.4, 0.5) is 0 Å². The summed E-state index contributed by atoms with van der Waals surface area (Å²) in [6.07, 6.45) is 4.69. The molecule has 1 aromatic rings. The summed E-state index contributed by atoms with van der Waals surface area (Å²) in [6, 6.07) is 0. The molecule has 0 atom stereocenters. The number of rotatable bonds is 1.